The van der Waals surface area contributed by atoms with E-state index in [-0.39, 0.29) is 0 Å². The molecule has 3 nitrogen and oxygen atoms in total. The van der Waals surface area contributed by atoms with E-state index >= 15 is 0 Å². The van der Waals surface area contributed by atoms with Crippen LogP contribution in [-0.4, -0.2) is 32.4 Å². The van der Waals surface area contributed by atoms with Crippen molar-refractivity contribution >= 4 is 0 Å². The Kier molecular flexibility index (Phi) is 5.49. The lowest BCUT2D eigenvalue weighted by Crippen LogP contribution is -2.31. The van der Waals surface area contributed by atoms with Crippen LogP contribution in [0, 0.1) is 0 Å². The molecule has 0 radical (unpaired) electrons. The highest BCUT2D eigenvalue weighted by Crippen LogP contribution is 2.18. The summed E-state index contributed by atoms with van der Waals surface area (Å²) in [6.07, 6.45) is 4.97. The highest BCUT2D eigenvalue weighted by atomic mass is 16.5. The van der Waals surface area contributed by atoms with Crippen molar-refractivity contribution < 1.29 is 9.47 Å². The van der Waals surface area contributed by atoms with Crippen molar-refractivity contribution in [1.29, 1.82) is 0 Å². The van der Waals surface area contributed by atoms with Gasteiger partial charge in [0.15, 0.2) is 0 Å². The lowest BCUT2D eigenvalue weighted by atomic mass is 10.0. The third kappa shape index (κ3) is 4.31. The molecule has 100 valence electrons. The zero-order valence-electron chi connectivity index (χ0n) is 11.1. The SMILES string of the molecule is CNC(CCOc1ccccc1)CC1CCCO1. The minimum Gasteiger partial charge on any atom is -0.494 e. The molecule has 1 N–H and O–H groups in total. The molecule has 1 aromatic carbocycles. The summed E-state index contributed by atoms with van der Waals surface area (Å²) in [5.41, 5.74) is 0. The third-order valence-corrected chi connectivity index (χ3v) is 3.46. The van der Waals surface area contributed by atoms with Crippen LogP contribution in [0.2, 0.25) is 0 Å². The Morgan fingerprint density at radius 3 is 2.89 bits per heavy atom. The molecule has 2 atom stereocenters. The Morgan fingerprint density at radius 2 is 2.22 bits per heavy atom. The van der Waals surface area contributed by atoms with Crippen LogP contribution in [0.1, 0.15) is 25.7 Å². The maximum absolute atomic E-state index is 5.72. The molecule has 0 saturated carbocycles. The smallest absolute Gasteiger partial charge is 0.119 e. The lowest BCUT2D eigenvalue weighted by Gasteiger charge is -2.19. The minimum absolute atomic E-state index is 0.444. The van der Waals surface area contributed by atoms with Gasteiger partial charge in [-0.25, -0.2) is 0 Å². The maximum Gasteiger partial charge on any atom is 0.119 e. The second kappa shape index (κ2) is 7.39. The summed E-state index contributed by atoms with van der Waals surface area (Å²) in [5.74, 6) is 0.949. The molecular weight excluding hydrogens is 226 g/mol. The summed E-state index contributed by atoms with van der Waals surface area (Å²) in [4.78, 5) is 0. The van der Waals surface area contributed by atoms with E-state index in [9.17, 15) is 0 Å². The Hall–Kier alpha value is -1.06. The van der Waals surface area contributed by atoms with Crippen molar-refractivity contribution in [3.8, 4) is 5.75 Å². The summed E-state index contributed by atoms with van der Waals surface area (Å²) in [7, 11) is 2.02. The number of nitrogens with one attached hydrogen (secondary N) is 1. The summed E-state index contributed by atoms with van der Waals surface area (Å²) in [6, 6.07) is 10.5. The molecule has 0 spiro atoms. The van der Waals surface area contributed by atoms with Gasteiger partial charge in [-0.15, -0.1) is 0 Å². The molecule has 2 rings (SSSR count). The van der Waals surface area contributed by atoms with Crippen LogP contribution in [0.15, 0.2) is 30.3 Å². The average molecular weight is 249 g/mol. The van der Waals surface area contributed by atoms with Gasteiger partial charge in [-0.2, -0.15) is 0 Å². The van der Waals surface area contributed by atoms with Gasteiger partial charge in [0.05, 0.1) is 12.7 Å². The molecule has 0 bridgehead atoms. The molecule has 3 heteroatoms. The van der Waals surface area contributed by atoms with E-state index in [2.05, 4.69) is 5.32 Å². The zero-order valence-corrected chi connectivity index (χ0v) is 11.1. The molecule has 1 saturated heterocycles. The van der Waals surface area contributed by atoms with E-state index < -0.39 is 0 Å². The quantitative estimate of drug-likeness (QED) is 0.805. The molecule has 0 aromatic heterocycles. The molecule has 1 heterocycles. The Bertz CT molecular complexity index is 323. The van der Waals surface area contributed by atoms with Crippen molar-refractivity contribution in [2.75, 3.05) is 20.3 Å². The van der Waals surface area contributed by atoms with Crippen LogP contribution in [-0.2, 0) is 4.74 Å². The van der Waals surface area contributed by atoms with Gasteiger partial charge in [-0.1, -0.05) is 18.2 Å². The van der Waals surface area contributed by atoms with Crippen molar-refractivity contribution in [3.05, 3.63) is 30.3 Å². The van der Waals surface area contributed by atoms with E-state index in [0.29, 0.717) is 12.1 Å². The third-order valence-electron chi connectivity index (χ3n) is 3.46. The van der Waals surface area contributed by atoms with Crippen LogP contribution >= 0.6 is 0 Å². The van der Waals surface area contributed by atoms with Crippen molar-refractivity contribution in [2.45, 2.75) is 37.8 Å². The maximum atomic E-state index is 5.72. The number of benzene rings is 1. The van der Waals surface area contributed by atoms with Gasteiger partial charge in [-0.05, 0) is 44.9 Å². The fourth-order valence-corrected chi connectivity index (χ4v) is 2.36. The van der Waals surface area contributed by atoms with Gasteiger partial charge in [0.1, 0.15) is 5.75 Å². The number of ether oxygens (including phenoxy) is 2. The summed E-state index contributed by atoms with van der Waals surface area (Å²) in [6.45, 7) is 1.68. The Morgan fingerprint density at radius 1 is 1.39 bits per heavy atom. The summed E-state index contributed by atoms with van der Waals surface area (Å²) >= 11 is 0. The van der Waals surface area contributed by atoms with Gasteiger partial charge in [0, 0.05) is 12.6 Å². The second-order valence-electron chi connectivity index (χ2n) is 4.81. The Labute approximate surface area is 109 Å². The van der Waals surface area contributed by atoms with E-state index in [4.69, 9.17) is 9.47 Å². The molecule has 1 aliphatic rings. The highest BCUT2D eigenvalue weighted by Gasteiger charge is 2.19. The molecule has 0 amide bonds. The van der Waals surface area contributed by atoms with Crippen LogP contribution in [0.3, 0.4) is 0 Å². The minimum atomic E-state index is 0.444. The molecule has 0 aliphatic carbocycles. The van der Waals surface area contributed by atoms with Crippen LogP contribution in [0.4, 0.5) is 0 Å². The molecule has 1 aliphatic heterocycles. The topological polar surface area (TPSA) is 30.5 Å². The van der Waals surface area contributed by atoms with Gasteiger partial charge < -0.3 is 14.8 Å². The number of para-hydroxylation sites is 1. The van der Waals surface area contributed by atoms with Gasteiger partial charge in [-0.3, -0.25) is 0 Å². The second-order valence-corrected chi connectivity index (χ2v) is 4.81. The Balaban J connectivity index is 1.67. The normalized spacial score (nSPS) is 20.8. The molecule has 2 unspecified atom stereocenters. The van der Waals surface area contributed by atoms with Gasteiger partial charge >= 0.3 is 0 Å². The van der Waals surface area contributed by atoms with E-state index in [0.717, 1.165) is 31.8 Å². The van der Waals surface area contributed by atoms with Crippen molar-refractivity contribution in [1.82, 2.24) is 5.32 Å². The monoisotopic (exact) mass is 249 g/mol. The number of hydrogen-bond donors (Lipinski definition) is 1. The lowest BCUT2D eigenvalue weighted by molar-refractivity contribution is 0.0925. The van der Waals surface area contributed by atoms with E-state index in [1.54, 1.807) is 0 Å². The van der Waals surface area contributed by atoms with Crippen LogP contribution < -0.4 is 10.1 Å². The highest BCUT2D eigenvalue weighted by molar-refractivity contribution is 5.20. The van der Waals surface area contributed by atoms with Gasteiger partial charge in [0.25, 0.3) is 0 Å². The summed E-state index contributed by atoms with van der Waals surface area (Å²) in [5, 5.41) is 3.36. The first-order chi connectivity index (χ1) is 8.88. The van der Waals surface area contributed by atoms with Crippen LogP contribution in [0.25, 0.3) is 0 Å². The molecular formula is C15H23NO2. The molecule has 18 heavy (non-hydrogen) atoms. The average Bonchev–Trinajstić information content (AvgIpc) is 2.92. The predicted molar refractivity (Wildman–Crippen MR) is 73.0 cm³/mol. The predicted octanol–water partition coefficient (Wildman–Crippen LogP) is 2.61. The largest absolute Gasteiger partial charge is 0.494 e. The number of hydrogen-bond acceptors (Lipinski definition) is 3. The first-order valence-corrected chi connectivity index (χ1v) is 6.85. The van der Waals surface area contributed by atoms with E-state index in [1.165, 1.54) is 12.8 Å². The molecule has 1 fully saturated rings. The fourth-order valence-electron chi connectivity index (χ4n) is 2.36. The van der Waals surface area contributed by atoms with Gasteiger partial charge in [0.2, 0.25) is 0 Å². The summed E-state index contributed by atoms with van der Waals surface area (Å²) < 4.78 is 11.4. The van der Waals surface area contributed by atoms with Crippen LogP contribution in [0.5, 0.6) is 5.75 Å². The standard InChI is InChI=1S/C15H23NO2/c1-16-13(12-15-8-5-10-17-15)9-11-18-14-6-3-2-4-7-14/h2-4,6-7,13,15-16H,5,8-12H2,1H3. The van der Waals surface area contributed by atoms with Crippen molar-refractivity contribution in [2.24, 2.45) is 0 Å². The first-order valence-electron chi connectivity index (χ1n) is 6.85. The number of rotatable bonds is 7. The van der Waals surface area contributed by atoms with E-state index in [1.807, 2.05) is 37.4 Å². The fraction of sp³-hybridized carbons (Fsp3) is 0.600. The van der Waals surface area contributed by atoms with Crippen molar-refractivity contribution in [3.63, 3.8) is 0 Å². The first kappa shape index (κ1) is 13.4. The zero-order chi connectivity index (χ0) is 12.6. The molecule has 1 aromatic rings.